The first-order valence-corrected chi connectivity index (χ1v) is 11.5. The summed E-state index contributed by atoms with van der Waals surface area (Å²) in [6, 6.07) is 21.3. The third kappa shape index (κ3) is 6.84. The summed E-state index contributed by atoms with van der Waals surface area (Å²) in [6.45, 7) is 10.5. The molecular weight excluding hydrogens is 436 g/mol. The highest BCUT2D eigenvalue weighted by Gasteiger charge is 2.16. The summed E-state index contributed by atoms with van der Waals surface area (Å²) in [6.07, 6.45) is 3.89. The summed E-state index contributed by atoms with van der Waals surface area (Å²) in [5, 5.41) is 12.5. The van der Waals surface area contributed by atoms with Gasteiger partial charge in [-0.1, -0.05) is 54.1 Å². The van der Waals surface area contributed by atoms with Crippen LogP contribution in [0.15, 0.2) is 78.9 Å². The zero-order chi connectivity index (χ0) is 25.2. The van der Waals surface area contributed by atoms with Crippen molar-refractivity contribution in [2.45, 2.75) is 33.8 Å². The first-order chi connectivity index (χ1) is 16.9. The summed E-state index contributed by atoms with van der Waals surface area (Å²) >= 11 is 0. The van der Waals surface area contributed by atoms with Crippen molar-refractivity contribution < 1.29 is 14.3 Å². The molecule has 0 bridgehead atoms. The smallest absolute Gasteiger partial charge is 0.266 e. The number of nitrogens with zero attached hydrogens (tertiary/aromatic N) is 1. The van der Waals surface area contributed by atoms with E-state index in [1.165, 1.54) is 5.56 Å². The van der Waals surface area contributed by atoms with Crippen LogP contribution in [-0.2, 0) is 17.8 Å². The lowest BCUT2D eigenvalue weighted by Crippen LogP contribution is -2.14. The Morgan fingerprint density at radius 2 is 1.83 bits per heavy atom. The quantitative estimate of drug-likeness (QED) is 0.209. The maximum Gasteiger partial charge on any atom is 0.266 e. The number of carbonyl (C=O) groups is 1. The first kappa shape index (κ1) is 25.3. The zero-order valence-corrected chi connectivity index (χ0v) is 20.4. The SMILES string of the molecule is C=CCc1cc(/C=C(\C#N)C(=O)Nc2ccccc2C)cc(OCC)c1OCc1ccc(C)cc1. The Morgan fingerprint density at radius 3 is 2.49 bits per heavy atom. The van der Waals surface area contributed by atoms with Gasteiger partial charge in [0.15, 0.2) is 11.5 Å². The molecule has 178 valence electrons. The van der Waals surface area contributed by atoms with Crippen LogP contribution < -0.4 is 14.8 Å². The van der Waals surface area contributed by atoms with Gasteiger partial charge in [-0.25, -0.2) is 0 Å². The maximum atomic E-state index is 12.8. The second-order valence-corrected chi connectivity index (χ2v) is 8.15. The van der Waals surface area contributed by atoms with Gasteiger partial charge in [0.1, 0.15) is 18.2 Å². The van der Waals surface area contributed by atoms with Crippen molar-refractivity contribution in [1.29, 1.82) is 5.26 Å². The summed E-state index contributed by atoms with van der Waals surface area (Å²) < 4.78 is 12.1. The minimum Gasteiger partial charge on any atom is -0.490 e. The molecule has 0 aliphatic rings. The number of para-hydroxylation sites is 1. The normalized spacial score (nSPS) is 10.9. The van der Waals surface area contributed by atoms with E-state index < -0.39 is 5.91 Å². The highest BCUT2D eigenvalue weighted by atomic mass is 16.5. The Balaban J connectivity index is 1.93. The molecule has 1 N–H and O–H groups in total. The molecule has 5 nitrogen and oxygen atoms in total. The molecule has 0 aliphatic heterocycles. The van der Waals surface area contributed by atoms with Gasteiger partial charge in [0, 0.05) is 11.3 Å². The number of hydrogen-bond acceptors (Lipinski definition) is 4. The third-order valence-corrected chi connectivity index (χ3v) is 5.39. The standard InChI is InChI=1S/C30H30N2O3/c1-5-9-25-16-24(17-26(19-31)30(33)32-27-11-8-7-10-22(27)4)18-28(34-6-2)29(25)35-20-23-14-12-21(3)13-15-23/h5,7-8,10-18H,1,6,9,20H2,2-4H3,(H,32,33)/b26-17+. The van der Waals surface area contributed by atoms with E-state index in [4.69, 9.17) is 9.47 Å². The number of hydrogen-bond donors (Lipinski definition) is 1. The summed E-state index contributed by atoms with van der Waals surface area (Å²) in [5.74, 6) is 0.721. The number of nitrogens with one attached hydrogen (secondary N) is 1. The Labute approximate surface area is 207 Å². The average molecular weight is 467 g/mol. The number of anilines is 1. The zero-order valence-electron chi connectivity index (χ0n) is 20.4. The van der Waals surface area contributed by atoms with Crippen molar-refractivity contribution in [2.24, 2.45) is 0 Å². The molecule has 0 heterocycles. The van der Waals surface area contributed by atoms with Crippen LogP contribution in [0.4, 0.5) is 5.69 Å². The van der Waals surface area contributed by atoms with E-state index in [2.05, 4.69) is 11.9 Å². The van der Waals surface area contributed by atoms with Crippen LogP contribution in [0.2, 0.25) is 0 Å². The summed E-state index contributed by atoms with van der Waals surface area (Å²) in [4.78, 5) is 12.8. The van der Waals surface area contributed by atoms with Gasteiger partial charge in [-0.2, -0.15) is 5.26 Å². The Kier molecular flexibility index (Phi) is 8.86. The second-order valence-electron chi connectivity index (χ2n) is 8.15. The number of ether oxygens (including phenoxy) is 2. The van der Waals surface area contributed by atoms with Crippen molar-refractivity contribution in [3.05, 3.63) is 107 Å². The monoisotopic (exact) mass is 466 g/mol. The van der Waals surface area contributed by atoms with Gasteiger partial charge in [-0.05, 0) is 68.2 Å². The largest absolute Gasteiger partial charge is 0.490 e. The molecule has 0 unspecified atom stereocenters. The van der Waals surface area contributed by atoms with Gasteiger partial charge in [0.05, 0.1) is 6.61 Å². The highest BCUT2D eigenvalue weighted by molar-refractivity contribution is 6.10. The minimum absolute atomic E-state index is 0.00595. The average Bonchev–Trinajstić information content (AvgIpc) is 2.85. The van der Waals surface area contributed by atoms with Gasteiger partial charge in [0.25, 0.3) is 5.91 Å². The number of benzene rings is 3. The van der Waals surface area contributed by atoms with Gasteiger partial charge < -0.3 is 14.8 Å². The number of allylic oxidation sites excluding steroid dienone is 1. The number of amides is 1. The summed E-state index contributed by atoms with van der Waals surface area (Å²) in [5.41, 5.74) is 5.35. The van der Waals surface area contributed by atoms with E-state index in [-0.39, 0.29) is 5.57 Å². The van der Waals surface area contributed by atoms with Crippen molar-refractivity contribution in [3.8, 4) is 17.6 Å². The van der Waals surface area contributed by atoms with E-state index in [9.17, 15) is 10.1 Å². The number of carbonyl (C=O) groups excluding carboxylic acids is 1. The minimum atomic E-state index is -0.468. The molecule has 3 rings (SSSR count). The predicted molar refractivity (Wildman–Crippen MR) is 140 cm³/mol. The van der Waals surface area contributed by atoms with Crippen molar-refractivity contribution in [3.63, 3.8) is 0 Å². The Bertz CT molecular complexity index is 1270. The first-order valence-electron chi connectivity index (χ1n) is 11.5. The van der Waals surface area contributed by atoms with Crippen LogP contribution in [0.5, 0.6) is 11.5 Å². The molecule has 0 saturated heterocycles. The van der Waals surface area contributed by atoms with Crippen molar-refractivity contribution >= 4 is 17.7 Å². The lowest BCUT2D eigenvalue weighted by atomic mass is 10.0. The van der Waals surface area contributed by atoms with Crippen LogP contribution in [0, 0.1) is 25.2 Å². The second kappa shape index (κ2) is 12.2. The number of aryl methyl sites for hydroxylation is 2. The van der Waals surface area contributed by atoms with Crippen LogP contribution in [0.25, 0.3) is 6.08 Å². The van der Waals surface area contributed by atoms with E-state index in [0.717, 1.165) is 16.7 Å². The van der Waals surface area contributed by atoms with Gasteiger partial charge in [-0.3, -0.25) is 4.79 Å². The molecule has 0 aliphatic carbocycles. The van der Waals surface area contributed by atoms with E-state index >= 15 is 0 Å². The van der Waals surface area contributed by atoms with Gasteiger partial charge in [0.2, 0.25) is 0 Å². The van der Waals surface area contributed by atoms with Gasteiger partial charge in [-0.15, -0.1) is 6.58 Å². The molecule has 0 saturated carbocycles. The molecule has 0 aromatic heterocycles. The Hall–Kier alpha value is -4.30. The molecule has 0 radical (unpaired) electrons. The molecule has 5 heteroatoms. The van der Waals surface area contributed by atoms with Gasteiger partial charge >= 0.3 is 0 Å². The fourth-order valence-corrected chi connectivity index (χ4v) is 3.56. The lowest BCUT2D eigenvalue weighted by Gasteiger charge is -2.17. The van der Waals surface area contributed by atoms with Crippen molar-refractivity contribution in [2.75, 3.05) is 11.9 Å². The molecule has 1 amide bonds. The molecule has 3 aromatic rings. The molecule has 3 aromatic carbocycles. The van der Waals surface area contributed by atoms with E-state index in [0.29, 0.717) is 42.4 Å². The van der Waals surface area contributed by atoms with E-state index in [1.54, 1.807) is 24.3 Å². The molecule has 0 spiro atoms. The summed E-state index contributed by atoms with van der Waals surface area (Å²) in [7, 11) is 0. The fraction of sp³-hybridized carbons (Fsp3) is 0.200. The molecular formula is C30H30N2O3. The lowest BCUT2D eigenvalue weighted by molar-refractivity contribution is -0.112. The van der Waals surface area contributed by atoms with E-state index in [1.807, 2.05) is 75.4 Å². The van der Waals surface area contributed by atoms with Crippen LogP contribution >= 0.6 is 0 Å². The molecule has 0 fully saturated rings. The predicted octanol–water partition coefficient (Wildman–Crippen LogP) is 6.56. The third-order valence-electron chi connectivity index (χ3n) is 5.39. The number of nitriles is 1. The molecule has 35 heavy (non-hydrogen) atoms. The maximum absolute atomic E-state index is 12.8. The van der Waals surface area contributed by atoms with Crippen molar-refractivity contribution in [1.82, 2.24) is 0 Å². The molecule has 0 atom stereocenters. The van der Waals surface area contributed by atoms with Crippen LogP contribution in [0.3, 0.4) is 0 Å². The highest BCUT2D eigenvalue weighted by Crippen LogP contribution is 2.35. The Morgan fingerprint density at radius 1 is 1.09 bits per heavy atom. The topological polar surface area (TPSA) is 71.4 Å². The fourth-order valence-electron chi connectivity index (χ4n) is 3.56. The van der Waals surface area contributed by atoms with Crippen LogP contribution in [-0.4, -0.2) is 12.5 Å². The number of rotatable bonds is 10. The van der Waals surface area contributed by atoms with Crippen LogP contribution in [0.1, 0.15) is 34.7 Å².